The van der Waals surface area contributed by atoms with E-state index < -0.39 is 60.2 Å². The molecule has 16 nitrogen and oxygen atoms in total. The molecule has 2 aromatic heterocycles. The number of nitrogens with zero attached hydrogens (tertiary/aromatic N) is 2. The molecule has 42 heavy (non-hydrogen) atoms. The van der Waals surface area contributed by atoms with Gasteiger partial charge < -0.3 is 47.0 Å². The van der Waals surface area contributed by atoms with Gasteiger partial charge in [-0.15, -0.1) is 0 Å². The summed E-state index contributed by atoms with van der Waals surface area (Å²) in [6, 6.07) is 0.590. The molecule has 16 heteroatoms. The van der Waals surface area contributed by atoms with Crippen molar-refractivity contribution in [2.24, 2.45) is 5.73 Å². The number of hydrogen-bond acceptors (Lipinski definition) is 9. The van der Waals surface area contributed by atoms with Crippen LogP contribution in [0.5, 0.6) is 5.75 Å². The number of hydrogen-bond donors (Lipinski definition) is 9. The lowest BCUT2D eigenvalue weighted by atomic mass is 10.0. The van der Waals surface area contributed by atoms with E-state index in [-0.39, 0.29) is 31.4 Å². The summed E-state index contributed by atoms with van der Waals surface area (Å²) in [5, 5.41) is 35.8. The molecule has 3 aromatic rings. The molecule has 0 bridgehead atoms. The van der Waals surface area contributed by atoms with E-state index in [1.807, 2.05) is 0 Å². The minimum absolute atomic E-state index is 0.0304. The number of carboxylic acids is 2. The van der Waals surface area contributed by atoms with Crippen molar-refractivity contribution in [3.05, 3.63) is 66.3 Å². The summed E-state index contributed by atoms with van der Waals surface area (Å²) < 4.78 is 0. The fourth-order valence-electron chi connectivity index (χ4n) is 3.98. The van der Waals surface area contributed by atoms with Crippen molar-refractivity contribution in [1.82, 2.24) is 35.9 Å². The monoisotopic (exact) mass is 584 g/mol. The Morgan fingerprint density at radius 2 is 1.31 bits per heavy atom. The van der Waals surface area contributed by atoms with Crippen LogP contribution in [0.2, 0.25) is 0 Å². The number of nitrogens with one attached hydrogen (secondary N) is 5. The molecule has 0 fully saturated rings. The van der Waals surface area contributed by atoms with Gasteiger partial charge in [-0.2, -0.15) is 0 Å². The molecule has 0 spiro atoms. The number of benzene rings is 1. The Balaban J connectivity index is 1.78. The van der Waals surface area contributed by atoms with Gasteiger partial charge in [0.05, 0.1) is 18.7 Å². The lowest BCUT2D eigenvalue weighted by molar-refractivity contribution is -0.142. The van der Waals surface area contributed by atoms with Gasteiger partial charge in [0.15, 0.2) is 0 Å². The van der Waals surface area contributed by atoms with E-state index in [1.165, 1.54) is 49.3 Å². The lowest BCUT2D eigenvalue weighted by Gasteiger charge is -2.25. The molecule has 0 radical (unpaired) electrons. The molecule has 0 saturated heterocycles. The zero-order valence-electron chi connectivity index (χ0n) is 22.3. The number of carbonyl (C=O) groups is 5. The smallest absolute Gasteiger partial charge is 0.326 e. The van der Waals surface area contributed by atoms with Crippen LogP contribution in [-0.2, 0) is 43.2 Å². The van der Waals surface area contributed by atoms with Crippen LogP contribution in [0.1, 0.15) is 29.8 Å². The minimum atomic E-state index is -1.38. The molecular formula is C26H32N8O8. The molecule has 2 heterocycles. The predicted octanol–water partition coefficient (Wildman–Crippen LogP) is -1.40. The van der Waals surface area contributed by atoms with Crippen molar-refractivity contribution in [3.63, 3.8) is 0 Å². The van der Waals surface area contributed by atoms with Gasteiger partial charge in [-0.1, -0.05) is 12.1 Å². The number of H-pyrrole nitrogens is 2. The number of carboxylic acid groups (broad SMARTS) is 2. The number of carbonyl (C=O) groups excluding carboxylic acids is 3. The Morgan fingerprint density at radius 1 is 0.762 bits per heavy atom. The van der Waals surface area contributed by atoms with Crippen LogP contribution >= 0.6 is 0 Å². The van der Waals surface area contributed by atoms with Gasteiger partial charge in [0, 0.05) is 49.5 Å². The number of aromatic amines is 2. The highest BCUT2D eigenvalue weighted by Crippen LogP contribution is 2.12. The molecule has 3 amide bonds. The number of amides is 3. The van der Waals surface area contributed by atoms with Gasteiger partial charge in [0.1, 0.15) is 23.9 Å². The van der Waals surface area contributed by atoms with Crippen molar-refractivity contribution in [3.8, 4) is 5.75 Å². The summed E-state index contributed by atoms with van der Waals surface area (Å²) in [4.78, 5) is 75.8. The topological polar surface area (TPSA) is 266 Å². The minimum Gasteiger partial charge on any atom is -0.508 e. The summed E-state index contributed by atoms with van der Waals surface area (Å²) >= 11 is 0. The van der Waals surface area contributed by atoms with E-state index >= 15 is 0 Å². The summed E-state index contributed by atoms with van der Waals surface area (Å²) in [6.45, 7) is 0. The summed E-state index contributed by atoms with van der Waals surface area (Å²) in [5.74, 6) is -5.03. The van der Waals surface area contributed by atoms with Crippen LogP contribution in [0.4, 0.5) is 0 Å². The Bertz CT molecular complexity index is 1350. The van der Waals surface area contributed by atoms with Crippen molar-refractivity contribution in [2.45, 2.75) is 56.3 Å². The van der Waals surface area contributed by atoms with Gasteiger partial charge in [-0.3, -0.25) is 19.2 Å². The number of phenols is 1. The third-order valence-electron chi connectivity index (χ3n) is 6.21. The first kappa shape index (κ1) is 31.3. The normalized spacial score (nSPS) is 13.7. The molecule has 0 aliphatic rings. The average molecular weight is 585 g/mol. The highest BCUT2D eigenvalue weighted by Gasteiger charge is 2.31. The number of imidazole rings is 2. The van der Waals surface area contributed by atoms with E-state index in [9.17, 15) is 39.3 Å². The third kappa shape index (κ3) is 9.74. The second-order valence-corrected chi connectivity index (χ2v) is 9.49. The zero-order valence-corrected chi connectivity index (χ0v) is 22.3. The SMILES string of the molecule is NC(Cc1cnc[nH]1)C(=O)NC(CCC(=O)O)C(=O)NC(Cc1ccc(O)cc1)C(=O)NC(Cc1cnc[nH]1)C(=O)O. The van der Waals surface area contributed by atoms with E-state index in [1.54, 1.807) is 0 Å². The molecule has 224 valence electrons. The van der Waals surface area contributed by atoms with Gasteiger partial charge in [0.25, 0.3) is 0 Å². The van der Waals surface area contributed by atoms with E-state index in [2.05, 4.69) is 35.9 Å². The second-order valence-electron chi connectivity index (χ2n) is 9.49. The first-order valence-corrected chi connectivity index (χ1v) is 12.9. The maximum atomic E-state index is 13.3. The van der Waals surface area contributed by atoms with Crippen molar-refractivity contribution in [2.75, 3.05) is 0 Å². The van der Waals surface area contributed by atoms with E-state index in [0.717, 1.165) is 0 Å². The van der Waals surface area contributed by atoms with Crippen LogP contribution in [0.15, 0.2) is 49.3 Å². The summed E-state index contributed by atoms with van der Waals surface area (Å²) in [5.41, 5.74) is 7.49. The summed E-state index contributed by atoms with van der Waals surface area (Å²) in [7, 11) is 0. The fraction of sp³-hybridized carbons (Fsp3) is 0.346. The van der Waals surface area contributed by atoms with E-state index in [4.69, 9.17) is 5.73 Å². The van der Waals surface area contributed by atoms with Gasteiger partial charge in [-0.25, -0.2) is 14.8 Å². The first-order valence-electron chi connectivity index (χ1n) is 12.9. The second kappa shape index (κ2) is 14.9. The van der Waals surface area contributed by atoms with Crippen molar-refractivity contribution < 1.29 is 39.3 Å². The highest BCUT2D eigenvalue weighted by molar-refractivity contribution is 5.94. The third-order valence-corrected chi connectivity index (χ3v) is 6.21. The number of rotatable bonds is 16. The molecular weight excluding hydrogens is 552 g/mol. The maximum Gasteiger partial charge on any atom is 0.326 e. The largest absolute Gasteiger partial charge is 0.508 e. The summed E-state index contributed by atoms with van der Waals surface area (Å²) in [6.07, 6.45) is 4.69. The molecule has 10 N–H and O–H groups in total. The van der Waals surface area contributed by atoms with Crippen LogP contribution in [-0.4, -0.2) is 89.1 Å². The molecule has 3 rings (SSSR count). The van der Waals surface area contributed by atoms with Crippen LogP contribution < -0.4 is 21.7 Å². The molecule has 4 atom stereocenters. The number of aromatic nitrogens is 4. The molecule has 1 aromatic carbocycles. The standard InChI is InChI=1S/C26H32N8O8/c27-18(8-15-10-28-12-30-15)23(38)32-19(5-6-22(36)37)24(39)33-20(7-14-1-3-17(35)4-2-14)25(40)34-21(26(41)42)9-16-11-29-13-31-16/h1-4,10-13,18-21,35H,5-9,27H2,(H,28,30)(H,29,31)(H,32,38)(H,33,39)(H,34,40)(H,36,37)(H,41,42). The Morgan fingerprint density at radius 3 is 1.86 bits per heavy atom. The van der Waals surface area contributed by atoms with E-state index in [0.29, 0.717) is 17.0 Å². The van der Waals surface area contributed by atoms with Gasteiger partial charge in [0.2, 0.25) is 17.7 Å². The zero-order chi connectivity index (χ0) is 30.6. The Hall–Kier alpha value is -5.25. The van der Waals surface area contributed by atoms with Gasteiger partial charge in [-0.05, 0) is 24.1 Å². The highest BCUT2D eigenvalue weighted by atomic mass is 16.4. The predicted molar refractivity (Wildman–Crippen MR) is 145 cm³/mol. The molecule has 0 saturated carbocycles. The first-order chi connectivity index (χ1) is 20.0. The lowest BCUT2D eigenvalue weighted by Crippen LogP contribution is -2.58. The molecule has 0 aliphatic heterocycles. The van der Waals surface area contributed by atoms with Gasteiger partial charge >= 0.3 is 11.9 Å². The van der Waals surface area contributed by atoms with Crippen molar-refractivity contribution >= 4 is 29.7 Å². The number of aromatic hydroxyl groups is 1. The number of phenolic OH excluding ortho intramolecular Hbond substituents is 1. The number of nitrogens with two attached hydrogens (primary N) is 1. The Kier molecular flexibility index (Phi) is 11.1. The van der Waals surface area contributed by atoms with Crippen molar-refractivity contribution in [1.29, 1.82) is 0 Å². The van der Waals surface area contributed by atoms with Crippen LogP contribution in [0.3, 0.4) is 0 Å². The van der Waals surface area contributed by atoms with Crippen LogP contribution in [0.25, 0.3) is 0 Å². The van der Waals surface area contributed by atoms with Crippen LogP contribution in [0, 0.1) is 0 Å². The number of aliphatic carboxylic acids is 2. The Labute approximate surface area is 239 Å². The molecule has 4 unspecified atom stereocenters. The fourth-order valence-corrected chi connectivity index (χ4v) is 3.98. The quantitative estimate of drug-likeness (QED) is 0.0944. The maximum absolute atomic E-state index is 13.3. The average Bonchev–Trinajstić information content (AvgIpc) is 3.65. The molecule has 0 aliphatic carbocycles.